The van der Waals surface area contributed by atoms with Gasteiger partial charge in [-0.2, -0.15) is 0 Å². The fourth-order valence-electron chi connectivity index (χ4n) is 2.39. The number of hydrogen-bond donors (Lipinski definition) is 1. The highest BCUT2D eigenvalue weighted by molar-refractivity contribution is 5.85. The van der Waals surface area contributed by atoms with Crippen LogP contribution in [-0.2, 0) is 6.61 Å². The van der Waals surface area contributed by atoms with Gasteiger partial charge in [0.25, 0.3) is 0 Å². The number of aliphatic hydroxyl groups is 1. The van der Waals surface area contributed by atoms with Gasteiger partial charge in [0.2, 0.25) is 0 Å². The molecule has 0 spiro atoms. The van der Waals surface area contributed by atoms with Gasteiger partial charge >= 0.3 is 0 Å². The Morgan fingerprint density at radius 2 is 1.94 bits per heavy atom. The second kappa shape index (κ2) is 4.86. The van der Waals surface area contributed by atoms with Crippen molar-refractivity contribution in [2.75, 3.05) is 18.0 Å². The van der Waals surface area contributed by atoms with Gasteiger partial charge in [-0.15, -0.1) is 0 Å². The van der Waals surface area contributed by atoms with Gasteiger partial charge in [-0.25, -0.2) is 15.0 Å². The van der Waals surface area contributed by atoms with Crippen molar-refractivity contribution in [3.05, 3.63) is 24.2 Å². The van der Waals surface area contributed by atoms with E-state index in [1.54, 1.807) is 12.4 Å². The lowest BCUT2D eigenvalue weighted by atomic mass is 10.1. The van der Waals surface area contributed by atoms with Crippen LogP contribution >= 0.6 is 0 Å². The SMILES string of the molecule is OCc1ccc2ncnc(N3CCCCC3)c2n1. The number of rotatable bonds is 2. The molecule has 0 radical (unpaired) electrons. The first-order chi connectivity index (χ1) is 8.88. The van der Waals surface area contributed by atoms with Gasteiger partial charge in [0.1, 0.15) is 11.8 Å². The van der Waals surface area contributed by atoms with Crippen LogP contribution in [0.2, 0.25) is 0 Å². The third kappa shape index (κ3) is 2.01. The maximum atomic E-state index is 9.18. The van der Waals surface area contributed by atoms with Crippen molar-refractivity contribution in [1.82, 2.24) is 15.0 Å². The topological polar surface area (TPSA) is 62.1 Å². The van der Waals surface area contributed by atoms with Crippen molar-refractivity contribution in [3.8, 4) is 0 Å². The van der Waals surface area contributed by atoms with E-state index in [-0.39, 0.29) is 6.61 Å². The van der Waals surface area contributed by atoms with Crippen LogP contribution in [0.1, 0.15) is 25.0 Å². The van der Waals surface area contributed by atoms with E-state index in [4.69, 9.17) is 0 Å². The van der Waals surface area contributed by atoms with Gasteiger partial charge in [0.15, 0.2) is 5.82 Å². The molecule has 1 aliphatic rings. The quantitative estimate of drug-likeness (QED) is 0.867. The maximum Gasteiger partial charge on any atom is 0.158 e. The smallest absolute Gasteiger partial charge is 0.158 e. The number of hydrogen-bond acceptors (Lipinski definition) is 5. The Hall–Kier alpha value is -1.75. The number of pyridine rings is 1. The molecule has 18 heavy (non-hydrogen) atoms. The van der Waals surface area contributed by atoms with Crippen molar-refractivity contribution >= 4 is 16.9 Å². The third-order valence-electron chi connectivity index (χ3n) is 3.34. The summed E-state index contributed by atoms with van der Waals surface area (Å²) in [7, 11) is 0. The molecule has 3 heterocycles. The first-order valence-corrected chi connectivity index (χ1v) is 6.35. The molecule has 2 aromatic rings. The molecule has 94 valence electrons. The molecule has 2 aromatic heterocycles. The zero-order chi connectivity index (χ0) is 12.4. The molecule has 1 saturated heterocycles. The van der Waals surface area contributed by atoms with Crippen LogP contribution in [0.25, 0.3) is 11.0 Å². The summed E-state index contributed by atoms with van der Waals surface area (Å²) < 4.78 is 0. The predicted molar refractivity (Wildman–Crippen MR) is 69.3 cm³/mol. The summed E-state index contributed by atoms with van der Waals surface area (Å²) in [6.45, 7) is 2.00. The van der Waals surface area contributed by atoms with Gasteiger partial charge in [-0.3, -0.25) is 0 Å². The first kappa shape index (κ1) is 11.3. The number of nitrogens with zero attached hydrogens (tertiary/aromatic N) is 4. The summed E-state index contributed by atoms with van der Waals surface area (Å²) in [5.74, 6) is 0.898. The van der Waals surface area contributed by atoms with Gasteiger partial charge in [0, 0.05) is 13.1 Å². The number of piperidine rings is 1. The van der Waals surface area contributed by atoms with E-state index in [0.717, 1.165) is 29.9 Å². The first-order valence-electron chi connectivity index (χ1n) is 6.35. The minimum Gasteiger partial charge on any atom is -0.390 e. The van der Waals surface area contributed by atoms with Gasteiger partial charge in [0.05, 0.1) is 17.8 Å². The molecule has 0 bridgehead atoms. The summed E-state index contributed by atoms with van der Waals surface area (Å²) in [5.41, 5.74) is 2.30. The van der Waals surface area contributed by atoms with Crippen LogP contribution in [-0.4, -0.2) is 33.1 Å². The molecule has 5 heteroatoms. The lowest BCUT2D eigenvalue weighted by molar-refractivity contribution is 0.277. The Bertz CT molecular complexity index is 552. The molecule has 3 rings (SSSR count). The van der Waals surface area contributed by atoms with Gasteiger partial charge in [-0.1, -0.05) is 0 Å². The summed E-state index contributed by atoms with van der Waals surface area (Å²) in [4.78, 5) is 15.3. The van der Waals surface area contributed by atoms with Crippen molar-refractivity contribution in [3.63, 3.8) is 0 Å². The fourth-order valence-corrected chi connectivity index (χ4v) is 2.39. The maximum absolute atomic E-state index is 9.18. The highest BCUT2D eigenvalue weighted by Gasteiger charge is 2.16. The fraction of sp³-hybridized carbons (Fsp3) is 0.462. The second-order valence-electron chi connectivity index (χ2n) is 4.57. The number of anilines is 1. The average molecular weight is 244 g/mol. The van der Waals surface area contributed by atoms with Crippen LogP contribution in [0.3, 0.4) is 0 Å². The lowest BCUT2D eigenvalue weighted by Gasteiger charge is -2.28. The normalized spacial score (nSPS) is 16.2. The number of aromatic nitrogens is 3. The van der Waals surface area contributed by atoms with E-state index in [9.17, 15) is 5.11 Å². The third-order valence-corrected chi connectivity index (χ3v) is 3.34. The molecular formula is C13H16N4O. The van der Waals surface area contributed by atoms with Crippen LogP contribution in [0, 0.1) is 0 Å². The Morgan fingerprint density at radius 1 is 1.11 bits per heavy atom. The summed E-state index contributed by atoms with van der Waals surface area (Å²) in [6, 6.07) is 3.69. The Balaban J connectivity index is 2.09. The van der Waals surface area contributed by atoms with Crippen molar-refractivity contribution in [1.29, 1.82) is 0 Å². The van der Waals surface area contributed by atoms with Crippen LogP contribution in [0.5, 0.6) is 0 Å². The highest BCUT2D eigenvalue weighted by atomic mass is 16.3. The molecule has 0 unspecified atom stereocenters. The van der Waals surface area contributed by atoms with E-state index >= 15 is 0 Å². The number of fused-ring (bicyclic) bond motifs is 1. The van der Waals surface area contributed by atoms with Crippen molar-refractivity contribution < 1.29 is 5.11 Å². The minimum absolute atomic E-state index is 0.0513. The standard InChI is InChI=1S/C13H16N4O/c18-8-10-4-5-11-12(16-10)13(15-9-14-11)17-6-2-1-3-7-17/h4-5,9,18H,1-3,6-8H2. The number of aliphatic hydroxyl groups excluding tert-OH is 1. The summed E-state index contributed by atoms with van der Waals surface area (Å²) >= 11 is 0. The molecule has 0 atom stereocenters. The van der Waals surface area contributed by atoms with Gasteiger partial charge in [-0.05, 0) is 31.4 Å². The van der Waals surface area contributed by atoms with E-state index < -0.39 is 0 Å². The van der Waals surface area contributed by atoms with E-state index in [1.807, 2.05) is 6.07 Å². The molecule has 0 amide bonds. The van der Waals surface area contributed by atoms with Crippen molar-refractivity contribution in [2.45, 2.75) is 25.9 Å². The molecule has 1 aliphatic heterocycles. The second-order valence-corrected chi connectivity index (χ2v) is 4.57. The molecule has 1 N–H and O–H groups in total. The lowest BCUT2D eigenvalue weighted by Crippen LogP contribution is -2.30. The zero-order valence-electron chi connectivity index (χ0n) is 10.2. The highest BCUT2D eigenvalue weighted by Crippen LogP contribution is 2.24. The van der Waals surface area contributed by atoms with Crippen molar-refractivity contribution in [2.24, 2.45) is 0 Å². The van der Waals surface area contributed by atoms with Crippen LogP contribution in [0.15, 0.2) is 18.5 Å². The molecule has 1 fully saturated rings. The molecule has 5 nitrogen and oxygen atoms in total. The molecule has 0 aliphatic carbocycles. The summed E-state index contributed by atoms with van der Waals surface area (Å²) in [5, 5.41) is 9.18. The predicted octanol–water partition coefficient (Wildman–Crippen LogP) is 1.51. The zero-order valence-corrected chi connectivity index (χ0v) is 10.2. The van der Waals surface area contributed by atoms with Gasteiger partial charge < -0.3 is 10.0 Å². The van der Waals surface area contributed by atoms with E-state index in [1.165, 1.54) is 19.3 Å². The Morgan fingerprint density at radius 3 is 2.72 bits per heavy atom. The van der Waals surface area contributed by atoms with E-state index in [0.29, 0.717) is 5.69 Å². The van der Waals surface area contributed by atoms with Crippen LogP contribution in [0.4, 0.5) is 5.82 Å². The Kier molecular flexibility index (Phi) is 3.06. The molecule has 0 aromatic carbocycles. The monoisotopic (exact) mass is 244 g/mol. The molecular weight excluding hydrogens is 228 g/mol. The van der Waals surface area contributed by atoms with Crippen LogP contribution < -0.4 is 4.90 Å². The summed E-state index contributed by atoms with van der Waals surface area (Å²) in [6.07, 6.45) is 5.28. The van der Waals surface area contributed by atoms with E-state index in [2.05, 4.69) is 19.9 Å². The Labute approximate surface area is 106 Å². The molecule has 0 saturated carbocycles. The largest absolute Gasteiger partial charge is 0.390 e. The average Bonchev–Trinajstić information content (AvgIpc) is 2.47. The minimum atomic E-state index is -0.0513.